The summed E-state index contributed by atoms with van der Waals surface area (Å²) in [6, 6.07) is 5.59. The highest BCUT2D eigenvalue weighted by Crippen LogP contribution is 2.31. The Balaban J connectivity index is 2.00. The molecular weight excluding hydrogens is 228 g/mol. The van der Waals surface area contributed by atoms with Crippen LogP contribution in [0.4, 0.5) is 0 Å². The summed E-state index contributed by atoms with van der Waals surface area (Å²) in [5.41, 5.74) is 1.89. The molecule has 4 heteroatoms. The number of carbonyl (C=O) groups is 1. The van der Waals surface area contributed by atoms with Crippen molar-refractivity contribution in [2.75, 3.05) is 7.11 Å². The number of fused-ring (bicyclic) bond motifs is 1. The molecule has 0 bridgehead atoms. The molecule has 2 aromatic rings. The SMILES string of the molecule is COc1ccc2c(c1)C(=O)[C@H](n1ccnc1)CC2. The Hall–Kier alpha value is -2.10. The number of nitrogens with zero attached hydrogens (tertiary/aromatic N) is 2. The highest BCUT2D eigenvalue weighted by molar-refractivity contribution is 6.01. The van der Waals surface area contributed by atoms with Gasteiger partial charge in [-0.25, -0.2) is 4.98 Å². The van der Waals surface area contributed by atoms with Crippen LogP contribution in [-0.4, -0.2) is 22.4 Å². The number of carbonyl (C=O) groups excluding carboxylic acids is 1. The van der Waals surface area contributed by atoms with Crippen LogP contribution in [0, 0.1) is 0 Å². The molecule has 1 aliphatic rings. The Morgan fingerprint density at radius 1 is 1.44 bits per heavy atom. The average Bonchev–Trinajstić information content (AvgIpc) is 2.93. The Kier molecular flexibility index (Phi) is 2.63. The Bertz CT molecular complexity index is 575. The van der Waals surface area contributed by atoms with E-state index in [1.54, 1.807) is 19.6 Å². The zero-order valence-corrected chi connectivity index (χ0v) is 10.2. The number of ketones is 1. The van der Waals surface area contributed by atoms with Crippen LogP contribution in [0.2, 0.25) is 0 Å². The van der Waals surface area contributed by atoms with Crippen LogP contribution in [-0.2, 0) is 6.42 Å². The van der Waals surface area contributed by atoms with Crippen LogP contribution in [0.15, 0.2) is 36.9 Å². The molecule has 0 radical (unpaired) electrons. The summed E-state index contributed by atoms with van der Waals surface area (Å²) in [5, 5.41) is 0. The van der Waals surface area contributed by atoms with Gasteiger partial charge in [-0.05, 0) is 30.5 Å². The Morgan fingerprint density at radius 3 is 3.06 bits per heavy atom. The number of ether oxygens (including phenoxy) is 1. The van der Waals surface area contributed by atoms with E-state index in [-0.39, 0.29) is 11.8 Å². The molecule has 0 saturated carbocycles. The molecule has 1 aliphatic carbocycles. The standard InChI is InChI=1S/C14H14N2O2/c1-18-11-4-2-10-3-5-13(14(17)12(10)8-11)16-7-6-15-9-16/h2,4,6-9,13H,3,5H2,1H3/t13-/m1/s1. The van der Waals surface area contributed by atoms with E-state index in [9.17, 15) is 4.79 Å². The van der Waals surface area contributed by atoms with Crippen LogP contribution in [0.25, 0.3) is 0 Å². The molecule has 1 atom stereocenters. The maximum atomic E-state index is 12.5. The second-order valence-electron chi connectivity index (χ2n) is 4.45. The molecule has 0 fully saturated rings. The predicted octanol–water partition coefficient (Wildman–Crippen LogP) is 2.26. The lowest BCUT2D eigenvalue weighted by Crippen LogP contribution is -2.25. The molecule has 4 nitrogen and oxygen atoms in total. The summed E-state index contributed by atoms with van der Waals surface area (Å²) >= 11 is 0. The van der Waals surface area contributed by atoms with Crippen molar-refractivity contribution in [1.29, 1.82) is 0 Å². The van der Waals surface area contributed by atoms with Crippen LogP contribution in [0.5, 0.6) is 5.75 Å². The molecule has 0 amide bonds. The van der Waals surface area contributed by atoms with Gasteiger partial charge in [0, 0.05) is 18.0 Å². The van der Waals surface area contributed by atoms with Gasteiger partial charge in [-0.15, -0.1) is 0 Å². The fraction of sp³-hybridized carbons (Fsp3) is 0.286. The largest absolute Gasteiger partial charge is 0.497 e. The predicted molar refractivity (Wildman–Crippen MR) is 66.9 cm³/mol. The van der Waals surface area contributed by atoms with Crippen molar-refractivity contribution < 1.29 is 9.53 Å². The first-order valence-corrected chi connectivity index (χ1v) is 5.98. The minimum Gasteiger partial charge on any atom is -0.497 e. The molecule has 0 N–H and O–H groups in total. The van der Waals surface area contributed by atoms with Gasteiger partial charge in [-0.2, -0.15) is 0 Å². The minimum atomic E-state index is -0.132. The maximum Gasteiger partial charge on any atom is 0.186 e. The number of hydrogen-bond acceptors (Lipinski definition) is 3. The summed E-state index contributed by atoms with van der Waals surface area (Å²) in [6.45, 7) is 0. The third kappa shape index (κ3) is 1.70. The second-order valence-corrected chi connectivity index (χ2v) is 4.45. The quantitative estimate of drug-likeness (QED) is 0.811. The van der Waals surface area contributed by atoms with Gasteiger partial charge in [-0.3, -0.25) is 4.79 Å². The third-order valence-corrected chi connectivity index (χ3v) is 3.46. The van der Waals surface area contributed by atoms with E-state index in [2.05, 4.69) is 4.98 Å². The van der Waals surface area contributed by atoms with E-state index >= 15 is 0 Å². The first-order chi connectivity index (χ1) is 8.79. The fourth-order valence-corrected chi connectivity index (χ4v) is 2.47. The zero-order valence-electron chi connectivity index (χ0n) is 10.2. The number of methoxy groups -OCH3 is 1. The van der Waals surface area contributed by atoms with Crippen molar-refractivity contribution in [2.45, 2.75) is 18.9 Å². The van der Waals surface area contributed by atoms with E-state index < -0.39 is 0 Å². The highest BCUT2D eigenvalue weighted by Gasteiger charge is 2.28. The lowest BCUT2D eigenvalue weighted by atomic mass is 9.87. The van der Waals surface area contributed by atoms with E-state index in [0.29, 0.717) is 0 Å². The van der Waals surface area contributed by atoms with Crippen molar-refractivity contribution in [3.63, 3.8) is 0 Å². The second kappa shape index (κ2) is 4.29. The van der Waals surface area contributed by atoms with Crippen LogP contribution < -0.4 is 4.74 Å². The van der Waals surface area contributed by atoms with Gasteiger partial charge in [0.15, 0.2) is 5.78 Å². The average molecular weight is 242 g/mol. The number of aromatic nitrogens is 2. The Labute approximate surface area is 105 Å². The van der Waals surface area contributed by atoms with Crippen molar-refractivity contribution >= 4 is 5.78 Å². The van der Waals surface area contributed by atoms with Crippen LogP contribution in [0.1, 0.15) is 28.4 Å². The molecule has 1 heterocycles. The highest BCUT2D eigenvalue weighted by atomic mass is 16.5. The van der Waals surface area contributed by atoms with E-state index in [1.165, 1.54) is 0 Å². The van der Waals surface area contributed by atoms with Gasteiger partial charge in [0.2, 0.25) is 0 Å². The zero-order chi connectivity index (χ0) is 12.5. The van der Waals surface area contributed by atoms with Gasteiger partial charge < -0.3 is 9.30 Å². The minimum absolute atomic E-state index is 0.132. The summed E-state index contributed by atoms with van der Waals surface area (Å²) in [6.07, 6.45) is 6.98. The van der Waals surface area contributed by atoms with Crippen LogP contribution in [0.3, 0.4) is 0 Å². The smallest absolute Gasteiger partial charge is 0.186 e. The summed E-state index contributed by atoms with van der Waals surface area (Å²) in [5.74, 6) is 0.876. The number of rotatable bonds is 2. The van der Waals surface area contributed by atoms with Gasteiger partial charge in [0.1, 0.15) is 5.75 Å². The van der Waals surface area contributed by atoms with Gasteiger partial charge in [-0.1, -0.05) is 6.07 Å². The van der Waals surface area contributed by atoms with Gasteiger partial charge in [0.05, 0.1) is 19.5 Å². The molecule has 0 aliphatic heterocycles. The number of benzene rings is 1. The first kappa shape index (κ1) is 11.0. The summed E-state index contributed by atoms with van der Waals surface area (Å²) < 4.78 is 7.06. The number of Topliss-reactive ketones (excluding diaryl/α,β-unsaturated/α-hetero) is 1. The molecule has 18 heavy (non-hydrogen) atoms. The van der Waals surface area contributed by atoms with Crippen molar-refractivity contribution in [1.82, 2.24) is 9.55 Å². The maximum absolute atomic E-state index is 12.5. The third-order valence-electron chi connectivity index (χ3n) is 3.46. The molecule has 0 spiro atoms. The monoisotopic (exact) mass is 242 g/mol. The summed E-state index contributed by atoms with van der Waals surface area (Å²) in [7, 11) is 1.61. The topological polar surface area (TPSA) is 44.1 Å². The number of imidazole rings is 1. The number of hydrogen-bond donors (Lipinski definition) is 0. The molecule has 0 saturated heterocycles. The molecule has 1 aromatic heterocycles. The van der Waals surface area contributed by atoms with Crippen molar-refractivity contribution in [2.24, 2.45) is 0 Å². The Morgan fingerprint density at radius 2 is 2.33 bits per heavy atom. The van der Waals surface area contributed by atoms with E-state index in [0.717, 1.165) is 29.7 Å². The van der Waals surface area contributed by atoms with Crippen molar-refractivity contribution in [3.05, 3.63) is 48.0 Å². The van der Waals surface area contributed by atoms with Crippen LogP contribution >= 0.6 is 0 Å². The molecule has 92 valence electrons. The molecule has 3 rings (SSSR count). The van der Waals surface area contributed by atoms with E-state index in [1.807, 2.05) is 29.0 Å². The first-order valence-electron chi connectivity index (χ1n) is 5.98. The fourth-order valence-electron chi connectivity index (χ4n) is 2.47. The van der Waals surface area contributed by atoms with Gasteiger partial charge >= 0.3 is 0 Å². The normalized spacial score (nSPS) is 18.5. The number of aryl methyl sites for hydroxylation is 1. The van der Waals surface area contributed by atoms with Crippen molar-refractivity contribution in [3.8, 4) is 5.75 Å². The molecular formula is C14H14N2O2. The molecule has 1 aromatic carbocycles. The van der Waals surface area contributed by atoms with Gasteiger partial charge in [0.25, 0.3) is 0 Å². The van der Waals surface area contributed by atoms with E-state index in [4.69, 9.17) is 4.74 Å². The lowest BCUT2D eigenvalue weighted by Gasteiger charge is -2.24. The lowest BCUT2D eigenvalue weighted by molar-refractivity contribution is 0.0908. The molecule has 0 unspecified atom stereocenters. The summed E-state index contributed by atoms with van der Waals surface area (Å²) in [4.78, 5) is 16.5.